The third-order valence-corrected chi connectivity index (χ3v) is 8.71. The van der Waals surface area contributed by atoms with Crippen LogP contribution in [0.4, 0.5) is 5.69 Å². The Morgan fingerprint density at radius 1 is 1.12 bits per heavy atom. The van der Waals surface area contributed by atoms with E-state index in [0.29, 0.717) is 11.3 Å². The predicted octanol–water partition coefficient (Wildman–Crippen LogP) is 5.46. The molecule has 1 fully saturated rings. The summed E-state index contributed by atoms with van der Waals surface area (Å²) in [6, 6.07) is 10.6. The number of piperazine rings is 1. The van der Waals surface area contributed by atoms with E-state index in [0.717, 1.165) is 55.1 Å². The Labute approximate surface area is 251 Å². The molecule has 1 aliphatic rings. The first-order valence-corrected chi connectivity index (χ1v) is 16.2. The van der Waals surface area contributed by atoms with E-state index >= 15 is 0 Å². The van der Waals surface area contributed by atoms with E-state index in [-0.39, 0.29) is 16.8 Å². The molecule has 0 radical (unpaired) electrons. The van der Waals surface area contributed by atoms with E-state index in [1.807, 2.05) is 52.1 Å². The minimum Gasteiger partial charge on any atom is -0.377 e. The lowest BCUT2D eigenvalue weighted by atomic mass is 9.93. The third-order valence-electron chi connectivity index (χ3n) is 7.55. The lowest BCUT2D eigenvalue weighted by Crippen LogP contribution is -2.43. The third kappa shape index (κ3) is 8.90. The minimum absolute atomic E-state index is 0.164. The quantitative estimate of drug-likeness (QED) is 0.337. The fourth-order valence-corrected chi connectivity index (χ4v) is 5.71. The molecule has 0 bridgehead atoms. The van der Waals surface area contributed by atoms with Crippen molar-refractivity contribution in [3.05, 3.63) is 88.8 Å². The van der Waals surface area contributed by atoms with Crippen LogP contribution in [-0.4, -0.2) is 75.9 Å². The van der Waals surface area contributed by atoms with Gasteiger partial charge in [0.1, 0.15) is 0 Å². The molecule has 1 heterocycles. The molecule has 1 amide bonds. The minimum atomic E-state index is -3.41. The average Bonchev–Trinajstić information content (AvgIpc) is 2.97. The highest BCUT2D eigenvalue weighted by Gasteiger charge is 2.21. The Kier molecular flexibility index (Phi) is 11.7. The van der Waals surface area contributed by atoms with E-state index in [1.54, 1.807) is 25.2 Å². The molecule has 226 valence electrons. The number of anilines is 1. The zero-order valence-electron chi connectivity index (χ0n) is 25.9. The van der Waals surface area contributed by atoms with Gasteiger partial charge in [0, 0.05) is 69.5 Å². The second-order valence-electron chi connectivity index (χ2n) is 10.8. The molecule has 1 saturated heterocycles. The maximum Gasteiger partial charge on any atom is 0.251 e. The molecule has 2 N–H and O–H groups in total. The van der Waals surface area contributed by atoms with Gasteiger partial charge in [0.05, 0.1) is 10.6 Å². The molecular weight excluding hydrogens is 546 g/mol. The molecule has 1 aliphatic heterocycles. The van der Waals surface area contributed by atoms with Crippen LogP contribution in [0.5, 0.6) is 0 Å². The Balaban J connectivity index is 1.79. The number of para-hydroxylation sites is 1. The molecular formula is C33H45N5O3S. The molecule has 9 heteroatoms. The molecule has 0 saturated carbocycles. The maximum atomic E-state index is 12.9. The van der Waals surface area contributed by atoms with Crippen molar-refractivity contribution in [3.8, 4) is 0 Å². The molecule has 8 nitrogen and oxygen atoms in total. The summed E-state index contributed by atoms with van der Waals surface area (Å²) >= 11 is 0. The molecule has 42 heavy (non-hydrogen) atoms. The molecule has 1 atom stereocenters. The highest BCUT2D eigenvalue weighted by Crippen LogP contribution is 2.30. The molecule has 2 aromatic rings. The first-order valence-electron chi connectivity index (χ1n) is 14.3. The van der Waals surface area contributed by atoms with Crippen molar-refractivity contribution in [3.63, 3.8) is 0 Å². The van der Waals surface area contributed by atoms with Crippen molar-refractivity contribution in [1.82, 2.24) is 15.1 Å². The lowest BCUT2D eigenvalue weighted by Gasteiger charge is -2.33. The van der Waals surface area contributed by atoms with Gasteiger partial charge >= 0.3 is 0 Å². The van der Waals surface area contributed by atoms with Gasteiger partial charge in [-0.2, -0.15) is 0 Å². The number of hydrogen-bond donors (Lipinski definition) is 2. The molecule has 0 aromatic heterocycles. The zero-order chi connectivity index (χ0) is 30.9. The van der Waals surface area contributed by atoms with E-state index in [4.69, 9.17) is 0 Å². The number of carbonyl (C=O) groups excluding carboxylic acids is 1. The molecule has 3 rings (SSSR count). The first-order chi connectivity index (χ1) is 19.9. The lowest BCUT2D eigenvalue weighted by molar-refractivity contribution is 0.0962. The predicted molar refractivity (Wildman–Crippen MR) is 175 cm³/mol. The van der Waals surface area contributed by atoms with Crippen LogP contribution in [0.1, 0.15) is 60.8 Å². The van der Waals surface area contributed by atoms with E-state index in [2.05, 4.69) is 56.8 Å². The van der Waals surface area contributed by atoms with Crippen LogP contribution >= 0.6 is 0 Å². The Bertz CT molecular complexity index is 1480. The summed E-state index contributed by atoms with van der Waals surface area (Å²) in [5.41, 5.74) is 6.01. The summed E-state index contributed by atoms with van der Waals surface area (Å²) in [6.45, 7) is 14.5. The number of rotatable bonds is 11. The number of hydrogen-bond acceptors (Lipinski definition) is 7. The summed E-state index contributed by atoms with van der Waals surface area (Å²) < 4.78 is 24.8. The average molecular weight is 592 g/mol. The van der Waals surface area contributed by atoms with Crippen LogP contribution in [0.15, 0.2) is 76.4 Å². The molecule has 0 spiro atoms. The van der Waals surface area contributed by atoms with Gasteiger partial charge < -0.3 is 15.5 Å². The number of nitrogens with one attached hydrogen (secondary N) is 2. The van der Waals surface area contributed by atoms with Crippen molar-refractivity contribution in [2.45, 2.75) is 45.6 Å². The Morgan fingerprint density at radius 3 is 2.45 bits per heavy atom. The fourth-order valence-electron chi connectivity index (χ4n) is 4.86. The van der Waals surface area contributed by atoms with E-state index in [9.17, 15) is 13.2 Å². The Hall–Kier alpha value is -3.69. The first kappa shape index (κ1) is 32.8. The summed E-state index contributed by atoms with van der Waals surface area (Å²) in [4.78, 5) is 22.4. The van der Waals surface area contributed by atoms with E-state index in [1.165, 1.54) is 11.8 Å². The van der Waals surface area contributed by atoms with Crippen LogP contribution in [0, 0.1) is 6.92 Å². The smallest absolute Gasteiger partial charge is 0.251 e. The Morgan fingerprint density at radius 2 is 1.81 bits per heavy atom. The number of nitrogens with zero attached hydrogens (tertiary/aromatic N) is 3. The standard InChI is InChI=1S/C33H45N5O3S/c1-8-25(3)26(4)35-15-11-16-37-18-20-38(21-19-37)17-14-28-29(22-24(2)23-30(28)33(39)34-6)27(5)36-31-12-9-10-13-32(31)42(7,40)41/h8-15,17,22-23,27,36H,16,18-21H2,1-7H3,(H,34,39)/b15-11+,17-14+,25-8-,35-26-/t27-/m1/s1. The van der Waals surface area contributed by atoms with Crippen LogP contribution in [0.3, 0.4) is 0 Å². The molecule has 2 aromatic carbocycles. The number of sulfone groups is 1. The van der Waals surface area contributed by atoms with Gasteiger partial charge in [0.15, 0.2) is 9.84 Å². The normalized spacial score (nSPS) is 16.3. The summed E-state index contributed by atoms with van der Waals surface area (Å²) in [7, 11) is -1.79. The maximum absolute atomic E-state index is 12.9. The number of aryl methyl sites for hydroxylation is 1. The summed E-state index contributed by atoms with van der Waals surface area (Å²) in [6.07, 6.45) is 11.3. The number of benzene rings is 2. The van der Waals surface area contributed by atoms with Gasteiger partial charge in [-0.15, -0.1) is 0 Å². The second-order valence-corrected chi connectivity index (χ2v) is 12.7. The monoisotopic (exact) mass is 591 g/mol. The number of allylic oxidation sites excluding steroid dienone is 2. The van der Waals surface area contributed by atoms with Gasteiger partial charge in [0.2, 0.25) is 0 Å². The van der Waals surface area contributed by atoms with Gasteiger partial charge in [-0.05, 0) is 87.4 Å². The van der Waals surface area contributed by atoms with Gasteiger partial charge in [-0.25, -0.2) is 8.42 Å². The molecule has 0 aliphatic carbocycles. The van der Waals surface area contributed by atoms with Crippen LogP contribution < -0.4 is 10.6 Å². The van der Waals surface area contributed by atoms with Gasteiger partial charge in [-0.3, -0.25) is 14.7 Å². The summed E-state index contributed by atoms with van der Waals surface area (Å²) in [5, 5.41) is 6.15. The zero-order valence-corrected chi connectivity index (χ0v) is 26.8. The summed E-state index contributed by atoms with van der Waals surface area (Å²) in [5.74, 6) is -0.164. The number of aliphatic imine (C=N–C) groups is 1. The fraction of sp³-hybridized carbons (Fsp3) is 0.394. The number of amides is 1. The topological polar surface area (TPSA) is 94.1 Å². The number of carbonyl (C=O) groups is 1. The molecule has 0 unspecified atom stereocenters. The van der Waals surface area contributed by atoms with Gasteiger partial charge in [-0.1, -0.05) is 30.4 Å². The largest absolute Gasteiger partial charge is 0.377 e. The van der Waals surface area contributed by atoms with Crippen molar-refractivity contribution in [2.24, 2.45) is 4.99 Å². The second kappa shape index (κ2) is 15.0. The van der Waals surface area contributed by atoms with Crippen molar-refractivity contribution in [1.29, 1.82) is 0 Å². The highest BCUT2D eigenvalue weighted by molar-refractivity contribution is 7.90. The van der Waals surface area contributed by atoms with Crippen LogP contribution in [0.2, 0.25) is 0 Å². The van der Waals surface area contributed by atoms with Crippen LogP contribution in [-0.2, 0) is 9.84 Å². The van der Waals surface area contributed by atoms with Crippen LogP contribution in [0.25, 0.3) is 6.08 Å². The highest BCUT2D eigenvalue weighted by atomic mass is 32.2. The SMILES string of the molecule is C\C=C(C)/C(C)=N\C=C\CN1CCN(/C=C/c2c(C(=O)NC)cc(C)cc2[C@@H](C)Nc2ccccc2S(C)(=O)=O)CC1. The van der Waals surface area contributed by atoms with Crippen molar-refractivity contribution in [2.75, 3.05) is 51.3 Å². The van der Waals surface area contributed by atoms with Crippen molar-refractivity contribution >= 4 is 33.2 Å². The van der Waals surface area contributed by atoms with Crippen molar-refractivity contribution < 1.29 is 13.2 Å². The van der Waals surface area contributed by atoms with E-state index < -0.39 is 9.84 Å². The van der Waals surface area contributed by atoms with Gasteiger partial charge in [0.25, 0.3) is 5.91 Å².